The van der Waals surface area contributed by atoms with E-state index in [1.165, 1.54) is 0 Å². The Labute approximate surface area is 278 Å². The molecule has 7 nitrogen and oxygen atoms in total. The molecule has 4 aromatic rings. The lowest BCUT2D eigenvalue weighted by Gasteiger charge is -2.26. The number of aromatic nitrogens is 3. The quantitative estimate of drug-likeness (QED) is 0.135. The van der Waals surface area contributed by atoms with Crippen LogP contribution in [0.15, 0.2) is 94.6 Å². The lowest BCUT2D eigenvalue weighted by molar-refractivity contribution is -0.136. The highest BCUT2D eigenvalue weighted by Crippen LogP contribution is 2.33. The Morgan fingerprint density at radius 3 is 2.60 bits per heavy atom. The molecule has 0 bridgehead atoms. The van der Waals surface area contributed by atoms with E-state index in [9.17, 15) is 22.8 Å². The zero-order valence-corrected chi connectivity index (χ0v) is 27.3. The molecular formula is C38H41F3N4O3. The van der Waals surface area contributed by atoms with E-state index in [4.69, 9.17) is 9.72 Å². The SMILES string of the molecule is CCOc1ccc(-n2c([C@@H](C)C(CCC(=O)CC3=CCCC(CCC(F)(F)F)C=N3)Cc3cccnc3)nc3ccccc3c2=O)cc1. The minimum absolute atomic E-state index is 0.000518. The fraction of sp³-hybridized carbons (Fsp3) is 0.395. The molecule has 2 aromatic heterocycles. The molecular weight excluding hydrogens is 617 g/mol. The number of hydrogen-bond donors (Lipinski definition) is 0. The highest BCUT2D eigenvalue weighted by molar-refractivity contribution is 5.81. The van der Waals surface area contributed by atoms with Crippen LogP contribution in [0.5, 0.6) is 5.75 Å². The molecule has 0 N–H and O–H groups in total. The zero-order chi connectivity index (χ0) is 34.1. The molecule has 1 aliphatic heterocycles. The molecule has 0 spiro atoms. The van der Waals surface area contributed by atoms with E-state index in [2.05, 4.69) is 9.98 Å². The van der Waals surface area contributed by atoms with Crippen molar-refractivity contribution in [3.8, 4) is 11.4 Å². The Kier molecular flexibility index (Phi) is 11.6. The minimum Gasteiger partial charge on any atom is -0.494 e. The van der Waals surface area contributed by atoms with E-state index < -0.39 is 12.6 Å². The molecule has 3 heterocycles. The fourth-order valence-corrected chi connectivity index (χ4v) is 6.24. The Morgan fingerprint density at radius 1 is 1.08 bits per heavy atom. The summed E-state index contributed by atoms with van der Waals surface area (Å²) in [6.45, 7) is 4.49. The second kappa shape index (κ2) is 16.0. The van der Waals surface area contributed by atoms with E-state index >= 15 is 0 Å². The second-order valence-corrected chi connectivity index (χ2v) is 12.4. The topological polar surface area (TPSA) is 86.4 Å². The van der Waals surface area contributed by atoms with Crippen molar-refractivity contribution in [1.29, 1.82) is 0 Å². The predicted octanol–water partition coefficient (Wildman–Crippen LogP) is 8.59. The molecule has 5 rings (SSSR count). The molecule has 1 aliphatic rings. The van der Waals surface area contributed by atoms with Crippen LogP contribution >= 0.6 is 0 Å². The van der Waals surface area contributed by atoms with Crippen molar-refractivity contribution in [2.24, 2.45) is 16.8 Å². The van der Waals surface area contributed by atoms with Crippen LogP contribution in [0.1, 0.15) is 76.1 Å². The van der Waals surface area contributed by atoms with Crippen molar-refractivity contribution in [2.75, 3.05) is 6.61 Å². The molecule has 0 saturated heterocycles. The van der Waals surface area contributed by atoms with E-state index in [0.717, 1.165) is 5.56 Å². The van der Waals surface area contributed by atoms with Gasteiger partial charge in [0.15, 0.2) is 0 Å². The van der Waals surface area contributed by atoms with Crippen LogP contribution in [0.4, 0.5) is 13.2 Å². The van der Waals surface area contributed by atoms with Crippen molar-refractivity contribution in [3.05, 3.63) is 107 Å². The van der Waals surface area contributed by atoms with Crippen LogP contribution in [0.25, 0.3) is 16.6 Å². The number of hydrogen-bond acceptors (Lipinski definition) is 6. The molecule has 2 aromatic carbocycles. The highest BCUT2D eigenvalue weighted by atomic mass is 19.4. The number of benzene rings is 2. The number of ether oxygens (including phenoxy) is 1. The van der Waals surface area contributed by atoms with Gasteiger partial charge in [-0.3, -0.25) is 24.1 Å². The van der Waals surface area contributed by atoms with Gasteiger partial charge in [-0.2, -0.15) is 13.2 Å². The van der Waals surface area contributed by atoms with E-state index in [1.807, 2.05) is 80.7 Å². The average molecular weight is 659 g/mol. The molecule has 0 aliphatic carbocycles. The number of halogens is 3. The number of allylic oxidation sites excluding steroid dienone is 2. The summed E-state index contributed by atoms with van der Waals surface area (Å²) in [5, 5.41) is 0.513. The molecule has 252 valence electrons. The van der Waals surface area contributed by atoms with Crippen molar-refractivity contribution >= 4 is 22.9 Å². The molecule has 48 heavy (non-hydrogen) atoms. The zero-order valence-electron chi connectivity index (χ0n) is 27.3. The molecule has 0 radical (unpaired) electrons. The maximum Gasteiger partial charge on any atom is 0.389 e. The van der Waals surface area contributed by atoms with Crippen LogP contribution < -0.4 is 10.3 Å². The molecule has 0 fully saturated rings. The monoisotopic (exact) mass is 658 g/mol. The van der Waals surface area contributed by atoms with Gasteiger partial charge in [0.1, 0.15) is 17.4 Å². The van der Waals surface area contributed by atoms with Crippen LogP contribution in [0, 0.1) is 11.8 Å². The number of carbonyl (C=O) groups is 1. The summed E-state index contributed by atoms with van der Waals surface area (Å²) < 4.78 is 45.5. The molecule has 0 saturated carbocycles. The average Bonchev–Trinajstić information content (AvgIpc) is 3.31. The summed E-state index contributed by atoms with van der Waals surface area (Å²) in [5.74, 6) is 0.749. The number of aliphatic imine (C=N–C) groups is 1. The van der Waals surface area contributed by atoms with Crippen LogP contribution in [0.2, 0.25) is 0 Å². The summed E-state index contributed by atoms with van der Waals surface area (Å²) in [4.78, 5) is 41.1. The molecule has 0 amide bonds. The van der Waals surface area contributed by atoms with Gasteiger partial charge in [0.2, 0.25) is 0 Å². The van der Waals surface area contributed by atoms with Crippen LogP contribution in [-0.2, 0) is 11.2 Å². The third kappa shape index (κ3) is 9.27. The highest BCUT2D eigenvalue weighted by Gasteiger charge is 2.29. The minimum atomic E-state index is -4.19. The molecule has 3 atom stereocenters. The molecule has 10 heteroatoms. The largest absolute Gasteiger partial charge is 0.494 e. The third-order valence-corrected chi connectivity index (χ3v) is 8.88. The van der Waals surface area contributed by atoms with Crippen molar-refractivity contribution in [1.82, 2.24) is 14.5 Å². The lowest BCUT2D eigenvalue weighted by Crippen LogP contribution is -2.28. The number of pyridine rings is 1. The van der Waals surface area contributed by atoms with Crippen molar-refractivity contribution < 1.29 is 22.7 Å². The first kappa shape index (κ1) is 34.7. The fourth-order valence-electron chi connectivity index (χ4n) is 6.24. The van der Waals surface area contributed by atoms with E-state index in [1.54, 1.807) is 23.0 Å². The van der Waals surface area contributed by atoms with Gasteiger partial charge in [0.25, 0.3) is 5.56 Å². The van der Waals surface area contributed by atoms with Crippen molar-refractivity contribution in [2.45, 2.75) is 77.3 Å². The predicted molar refractivity (Wildman–Crippen MR) is 182 cm³/mol. The number of carbonyl (C=O) groups excluding carboxylic acids is 1. The maximum atomic E-state index is 14.0. The summed E-state index contributed by atoms with van der Waals surface area (Å²) in [6, 6.07) is 18.6. The van der Waals surface area contributed by atoms with Crippen LogP contribution in [-0.4, -0.2) is 39.3 Å². The van der Waals surface area contributed by atoms with Gasteiger partial charge in [0, 0.05) is 49.5 Å². The Balaban J connectivity index is 1.39. The van der Waals surface area contributed by atoms with Gasteiger partial charge in [-0.1, -0.05) is 31.2 Å². The van der Waals surface area contributed by atoms with Gasteiger partial charge in [-0.15, -0.1) is 0 Å². The number of rotatable bonds is 14. The number of Topliss-reactive ketones (excluding diaryl/α,β-unsaturated/α-hetero) is 1. The Bertz CT molecular complexity index is 1800. The van der Waals surface area contributed by atoms with Gasteiger partial charge in [-0.25, -0.2) is 4.98 Å². The second-order valence-electron chi connectivity index (χ2n) is 12.4. The maximum absolute atomic E-state index is 14.0. The first-order chi connectivity index (χ1) is 23.1. The van der Waals surface area contributed by atoms with Crippen molar-refractivity contribution in [3.63, 3.8) is 0 Å². The first-order valence-corrected chi connectivity index (χ1v) is 16.6. The third-order valence-electron chi connectivity index (χ3n) is 8.88. The van der Waals surface area contributed by atoms with Gasteiger partial charge in [-0.05, 0) is 98.9 Å². The number of fused-ring (bicyclic) bond motifs is 1. The Morgan fingerprint density at radius 2 is 1.88 bits per heavy atom. The number of nitrogens with zero attached hydrogens (tertiary/aromatic N) is 4. The summed E-state index contributed by atoms with van der Waals surface area (Å²) in [6.07, 6.45) is 4.67. The Hall–Kier alpha value is -4.60. The number of para-hydroxylation sites is 1. The van der Waals surface area contributed by atoms with Gasteiger partial charge in [0.05, 0.1) is 23.2 Å². The number of alkyl halides is 3. The standard InChI is InChI=1S/C38H41F3N4O3/c1-3-48-33-17-14-31(15-18-33)45-36(44-35-12-5-4-11-34(35)37(45)47)26(2)29(22-28-9-7-21-42-24-28)13-16-32(46)23-30-10-6-8-27(25-43-30)19-20-38(39,40)41/h4-5,7,9-12,14-15,17-18,21,24-27,29H,3,6,8,13,16,19-20,22-23H2,1-2H3/t26-,27?,29?/m0/s1. The summed E-state index contributed by atoms with van der Waals surface area (Å²) in [7, 11) is 0. The lowest BCUT2D eigenvalue weighted by atomic mass is 9.83. The summed E-state index contributed by atoms with van der Waals surface area (Å²) >= 11 is 0. The summed E-state index contributed by atoms with van der Waals surface area (Å²) in [5.41, 5.74) is 2.72. The van der Waals surface area contributed by atoms with Crippen LogP contribution in [0.3, 0.4) is 0 Å². The molecule has 2 unspecified atom stereocenters. The van der Waals surface area contributed by atoms with E-state index in [-0.39, 0.29) is 48.4 Å². The van der Waals surface area contributed by atoms with Gasteiger partial charge >= 0.3 is 6.18 Å². The van der Waals surface area contributed by atoms with E-state index in [0.29, 0.717) is 66.2 Å². The van der Waals surface area contributed by atoms with Gasteiger partial charge < -0.3 is 4.74 Å². The first-order valence-electron chi connectivity index (χ1n) is 16.6. The smallest absolute Gasteiger partial charge is 0.389 e. The number of ketones is 1. The normalized spacial score (nSPS) is 16.3.